The van der Waals surface area contributed by atoms with Crippen molar-refractivity contribution in [3.63, 3.8) is 0 Å². The molecule has 150 valence electrons. The Hall–Kier alpha value is -0.670. The SMILES string of the molecule is CCC(SCC(C)CC(F)(F)C(F)(F)C(F)(F)F)C(=O)OCC(C)C. The molecule has 0 saturated heterocycles. The molecule has 0 N–H and O–H groups in total. The Morgan fingerprint density at radius 1 is 1.04 bits per heavy atom. The van der Waals surface area contributed by atoms with Crippen molar-refractivity contribution < 1.29 is 40.3 Å². The number of carbonyl (C=O) groups excluding carboxylic acids is 1. The van der Waals surface area contributed by atoms with Crippen LogP contribution < -0.4 is 0 Å². The van der Waals surface area contributed by atoms with E-state index in [1.54, 1.807) is 6.92 Å². The predicted octanol–water partition coefficient (Wildman–Crippen LogP) is 5.56. The average Bonchev–Trinajstić information content (AvgIpc) is 2.43. The fourth-order valence-electron chi connectivity index (χ4n) is 1.81. The number of ether oxygens (including phenoxy) is 1. The number of rotatable bonds is 10. The van der Waals surface area contributed by atoms with Crippen LogP contribution in [0.3, 0.4) is 0 Å². The van der Waals surface area contributed by atoms with E-state index in [0.29, 0.717) is 6.42 Å². The zero-order valence-electron chi connectivity index (χ0n) is 14.4. The fourth-order valence-corrected chi connectivity index (χ4v) is 2.93. The molecule has 2 atom stereocenters. The van der Waals surface area contributed by atoms with Gasteiger partial charge in [0.15, 0.2) is 0 Å². The number of alkyl halides is 7. The first-order valence-corrected chi connectivity index (χ1v) is 8.81. The summed E-state index contributed by atoms with van der Waals surface area (Å²) in [6, 6.07) is 0. The third kappa shape index (κ3) is 7.22. The Balaban J connectivity index is 4.68. The van der Waals surface area contributed by atoms with E-state index >= 15 is 0 Å². The van der Waals surface area contributed by atoms with E-state index in [0.717, 1.165) is 18.7 Å². The minimum absolute atomic E-state index is 0.105. The summed E-state index contributed by atoms with van der Waals surface area (Å²) in [5.74, 6) is -13.1. The first-order chi connectivity index (χ1) is 11.2. The van der Waals surface area contributed by atoms with Crippen LogP contribution in [-0.2, 0) is 9.53 Å². The highest BCUT2D eigenvalue weighted by Gasteiger charge is 2.72. The van der Waals surface area contributed by atoms with E-state index in [1.807, 2.05) is 13.8 Å². The summed E-state index contributed by atoms with van der Waals surface area (Å²) in [6.07, 6.45) is -7.64. The molecule has 0 aromatic rings. The van der Waals surface area contributed by atoms with Gasteiger partial charge in [0.25, 0.3) is 0 Å². The topological polar surface area (TPSA) is 26.3 Å². The molecule has 0 aliphatic rings. The van der Waals surface area contributed by atoms with Gasteiger partial charge in [-0.15, -0.1) is 11.8 Å². The molecule has 2 nitrogen and oxygen atoms in total. The molecule has 0 fully saturated rings. The monoisotopic (exact) mass is 400 g/mol. The van der Waals surface area contributed by atoms with Crippen LogP contribution in [0.15, 0.2) is 0 Å². The fraction of sp³-hybridized carbons (Fsp3) is 0.933. The molecule has 0 rings (SSSR count). The first-order valence-electron chi connectivity index (χ1n) is 7.76. The van der Waals surface area contributed by atoms with Crippen LogP contribution in [0.5, 0.6) is 0 Å². The van der Waals surface area contributed by atoms with E-state index in [4.69, 9.17) is 4.74 Å². The number of carbonyl (C=O) groups is 1. The van der Waals surface area contributed by atoms with Crippen molar-refractivity contribution in [2.75, 3.05) is 12.4 Å². The molecule has 2 unspecified atom stereocenters. The molecule has 0 aliphatic carbocycles. The summed E-state index contributed by atoms with van der Waals surface area (Å²) in [7, 11) is 0. The number of hydrogen-bond donors (Lipinski definition) is 0. The summed E-state index contributed by atoms with van der Waals surface area (Å²) in [4.78, 5) is 11.8. The highest BCUT2D eigenvalue weighted by atomic mass is 32.2. The lowest BCUT2D eigenvalue weighted by Crippen LogP contribution is -2.52. The van der Waals surface area contributed by atoms with Gasteiger partial charge in [-0.05, 0) is 24.0 Å². The van der Waals surface area contributed by atoms with Crippen molar-refractivity contribution in [1.29, 1.82) is 0 Å². The van der Waals surface area contributed by atoms with Crippen molar-refractivity contribution in [3.8, 4) is 0 Å². The van der Waals surface area contributed by atoms with Gasteiger partial charge in [0.1, 0.15) is 5.25 Å². The van der Waals surface area contributed by atoms with Gasteiger partial charge >= 0.3 is 24.0 Å². The lowest BCUT2D eigenvalue weighted by atomic mass is 9.99. The largest absolute Gasteiger partial charge is 0.465 e. The molecule has 0 spiro atoms. The van der Waals surface area contributed by atoms with Crippen molar-refractivity contribution in [2.24, 2.45) is 11.8 Å². The van der Waals surface area contributed by atoms with Gasteiger partial charge in [-0.2, -0.15) is 30.7 Å². The molecule has 0 aromatic heterocycles. The van der Waals surface area contributed by atoms with Crippen LogP contribution in [0.4, 0.5) is 30.7 Å². The molecule has 0 aliphatic heterocycles. The minimum Gasteiger partial charge on any atom is -0.465 e. The van der Waals surface area contributed by atoms with Crippen LogP contribution in [0.2, 0.25) is 0 Å². The van der Waals surface area contributed by atoms with E-state index < -0.39 is 41.6 Å². The van der Waals surface area contributed by atoms with Gasteiger partial charge in [-0.3, -0.25) is 4.79 Å². The molecular formula is C15H23F7O2S. The Morgan fingerprint density at radius 2 is 1.56 bits per heavy atom. The summed E-state index contributed by atoms with van der Waals surface area (Å²) >= 11 is 0.914. The minimum atomic E-state index is -6.32. The third-order valence-electron chi connectivity index (χ3n) is 3.19. The van der Waals surface area contributed by atoms with Crippen molar-refractivity contribution in [2.45, 2.75) is 63.8 Å². The number of esters is 1. The van der Waals surface area contributed by atoms with Gasteiger partial charge < -0.3 is 4.74 Å². The second-order valence-corrected chi connectivity index (χ2v) is 7.58. The van der Waals surface area contributed by atoms with E-state index in [9.17, 15) is 35.5 Å². The molecule has 0 heterocycles. The Kier molecular flexibility index (Phi) is 9.07. The highest BCUT2D eigenvalue weighted by molar-refractivity contribution is 8.00. The van der Waals surface area contributed by atoms with Gasteiger partial charge in [-0.25, -0.2) is 0 Å². The number of hydrogen-bond acceptors (Lipinski definition) is 3. The van der Waals surface area contributed by atoms with Crippen LogP contribution >= 0.6 is 11.8 Å². The lowest BCUT2D eigenvalue weighted by Gasteiger charge is -2.30. The van der Waals surface area contributed by atoms with Crippen LogP contribution in [0.1, 0.15) is 40.5 Å². The van der Waals surface area contributed by atoms with Gasteiger partial charge in [0.2, 0.25) is 0 Å². The van der Waals surface area contributed by atoms with E-state index in [2.05, 4.69) is 0 Å². The van der Waals surface area contributed by atoms with Crippen LogP contribution in [-0.4, -0.2) is 41.6 Å². The quantitative estimate of drug-likeness (QED) is 0.355. The zero-order chi connectivity index (χ0) is 20.1. The summed E-state index contributed by atoms with van der Waals surface area (Å²) in [5.41, 5.74) is 0. The van der Waals surface area contributed by atoms with E-state index in [-0.39, 0.29) is 18.3 Å². The molecule has 0 aromatic carbocycles. The maximum Gasteiger partial charge on any atom is 0.459 e. The molecule has 0 saturated carbocycles. The molecular weight excluding hydrogens is 377 g/mol. The number of halogens is 7. The predicted molar refractivity (Wildman–Crippen MR) is 82.1 cm³/mol. The van der Waals surface area contributed by atoms with Crippen molar-refractivity contribution >= 4 is 17.7 Å². The third-order valence-corrected chi connectivity index (χ3v) is 4.88. The maximum absolute atomic E-state index is 13.4. The van der Waals surface area contributed by atoms with Gasteiger partial charge in [0, 0.05) is 6.42 Å². The zero-order valence-corrected chi connectivity index (χ0v) is 15.2. The molecule has 10 heteroatoms. The summed E-state index contributed by atoms with van der Waals surface area (Å²) < 4.78 is 93.8. The number of thioether (sulfide) groups is 1. The highest BCUT2D eigenvalue weighted by Crippen LogP contribution is 2.49. The van der Waals surface area contributed by atoms with Crippen molar-refractivity contribution in [3.05, 3.63) is 0 Å². The average molecular weight is 400 g/mol. The van der Waals surface area contributed by atoms with Crippen LogP contribution in [0, 0.1) is 11.8 Å². The Labute approximate surface area is 146 Å². The van der Waals surface area contributed by atoms with Gasteiger partial charge in [0.05, 0.1) is 6.61 Å². The second kappa shape index (κ2) is 9.32. The first kappa shape index (κ1) is 24.3. The molecule has 0 bridgehead atoms. The Morgan fingerprint density at radius 3 is 1.96 bits per heavy atom. The Bertz CT molecular complexity index is 425. The van der Waals surface area contributed by atoms with Crippen molar-refractivity contribution in [1.82, 2.24) is 0 Å². The lowest BCUT2D eigenvalue weighted by molar-refractivity contribution is -0.357. The standard InChI is InChI=1S/C15H23F7O2S/c1-5-11(12(23)24-7-9(2)3)25-8-10(4)6-13(16,17)14(18,19)15(20,21)22/h9-11H,5-8H2,1-4H3. The normalized spacial score (nSPS) is 16.0. The molecule has 0 amide bonds. The summed E-state index contributed by atoms with van der Waals surface area (Å²) in [6.45, 7) is 6.63. The maximum atomic E-state index is 13.4. The second-order valence-electron chi connectivity index (χ2n) is 6.34. The van der Waals surface area contributed by atoms with Gasteiger partial charge in [-0.1, -0.05) is 27.7 Å². The summed E-state index contributed by atoms with van der Waals surface area (Å²) in [5, 5.41) is -0.682. The molecule has 25 heavy (non-hydrogen) atoms. The molecule has 0 radical (unpaired) electrons. The van der Waals surface area contributed by atoms with E-state index in [1.165, 1.54) is 0 Å². The van der Waals surface area contributed by atoms with Crippen LogP contribution in [0.25, 0.3) is 0 Å². The smallest absolute Gasteiger partial charge is 0.459 e.